The first-order valence-corrected chi connectivity index (χ1v) is 7.79. The number of para-hydroxylation sites is 1. The molecular weight excluding hydrogens is 330 g/mol. The van der Waals surface area contributed by atoms with Gasteiger partial charge in [0, 0.05) is 24.6 Å². The average Bonchev–Trinajstić information content (AvgIpc) is 2.46. The number of nitrogens with one attached hydrogen (secondary N) is 2. The smallest absolute Gasteiger partial charge is 0.222 e. The maximum absolute atomic E-state index is 12.3. The van der Waals surface area contributed by atoms with Crippen molar-refractivity contribution in [3.63, 3.8) is 0 Å². The molecule has 0 aliphatic heterocycles. The van der Waals surface area contributed by atoms with E-state index in [2.05, 4.69) is 10.6 Å². The van der Waals surface area contributed by atoms with Gasteiger partial charge in [0.2, 0.25) is 11.8 Å². The van der Waals surface area contributed by atoms with Crippen LogP contribution in [0.2, 0.25) is 0 Å². The Kier molecular flexibility index (Phi) is 9.40. The molecule has 136 valence electrons. The molecule has 0 saturated heterocycles. The first-order valence-electron chi connectivity index (χ1n) is 7.79. The molecule has 7 heteroatoms. The van der Waals surface area contributed by atoms with Crippen molar-refractivity contribution < 1.29 is 14.3 Å². The highest BCUT2D eigenvalue weighted by Gasteiger charge is 2.24. The number of rotatable bonds is 8. The fourth-order valence-electron chi connectivity index (χ4n) is 2.20. The third-order valence-corrected chi connectivity index (χ3v) is 3.35. The summed E-state index contributed by atoms with van der Waals surface area (Å²) >= 11 is 0. The lowest BCUT2D eigenvalue weighted by Gasteiger charge is -2.26. The Morgan fingerprint density at radius 1 is 1.29 bits per heavy atom. The van der Waals surface area contributed by atoms with Crippen LogP contribution in [0.4, 0.5) is 0 Å². The van der Waals surface area contributed by atoms with Gasteiger partial charge in [-0.15, -0.1) is 12.4 Å². The van der Waals surface area contributed by atoms with Crippen molar-refractivity contribution >= 4 is 24.2 Å². The van der Waals surface area contributed by atoms with Crippen LogP contribution in [0.25, 0.3) is 0 Å². The van der Waals surface area contributed by atoms with E-state index in [1.807, 2.05) is 45.0 Å². The largest absolute Gasteiger partial charge is 0.494 e. The average molecular weight is 358 g/mol. The monoisotopic (exact) mass is 357 g/mol. The van der Waals surface area contributed by atoms with Crippen LogP contribution >= 0.6 is 12.4 Å². The van der Waals surface area contributed by atoms with Crippen molar-refractivity contribution in [1.82, 2.24) is 10.6 Å². The van der Waals surface area contributed by atoms with Crippen LogP contribution < -0.4 is 21.1 Å². The van der Waals surface area contributed by atoms with E-state index in [1.54, 1.807) is 0 Å². The highest BCUT2D eigenvalue weighted by atomic mass is 35.5. The van der Waals surface area contributed by atoms with E-state index in [-0.39, 0.29) is 30.6 Å². The third kappa shape index (κ3) is 7.19. The van der Waals surface area contributed by atoms with Gasteiger partial charge in [0.25, 0.3) is 0 Å². The minimum Gasteiger partial charge on any atom is -0.494 e. The molecule has 0 bridgehead atoms. The number of halogens is 1. The molecule has 6 nitrogen and oxygen atoms in total. The SMILES string of the molecule is CCOc1ccccc1C(CC(=O)NC(C)(C)CN)NC(C)=O.Cl. The highest BCUT2D eigenvalue weighted by molar-refractivity contribution is 5.85. The van der Waals surface area contributed by atoms with Crippen molar-refractivity contribution in [2.45, 2.75) is 45.7 Å². The zero-order valence-electron chi connectivity index (χ0n) is 14.7. The summed E-state index contributed by atoms with van der Waals surface area (Å²) in [6.07, 6.45) is 0.118. The van der Waals surface area contributed by atoms with Gasteiger partial charge < -0.3 is 21.1 Å². The number of hydrogen-bond acceptors (Lipinski definition) is 4. The van der Waals surface area contributed by atoms with Crippen LogP contribution in [0.3, 0.4) is 0 Å². The Hall–Kier alpha value is -1.79. The van der Waals surface area contributed by atoms with Gasteiger partial charge >= 0.3 is 0 Å². The summed E-state index contributed by atoms with van der Waals surface area (Å²) < 4.78 is 5.60. The number of carbonyl (C=O) groups excluding carboxylic acids is 2. The number of hydrogen-bond donors (Lipinski definition) is 3. The van der Waals surface area contributed by atoms with E-state index < -0.39 is 11.6 Å². The topological polar surface area (TPSA) is 93.4 Å². The Morgan fingerprint density at radius 3 is 2.46 bits per heavy atom. The van der Waals surface area contributed by atoms with Crippen LogP contribution in [0.1, 0.15) is 45.7 Å². The van der Waals surface area contributed by atoms with Crippen molar-refractivity contribution in [2.75, 3.05) is 13.2 Å². The molecule has 0 saturated carbocycles. The van der Waals surface area contributed by atoms with Gasteiger partial charge in [-0.3, -0.25) is 9.59 Å². The minimum atomic E-state index is -0.489. The maximum Gasteiger partial charge on any atom is 0.222 e. The van der Waals surface area contributed by atoms with Gasteiger partial charge in [-0.1, -0.05) is 18.2 Å². The van der Waals surface area contributed by atoms with E-state index in [4.69, 9.17) is 10.5 Å². The molecule has 0 heterocycles. The predicted molar refractivity (Wildman–Crippen MR) is 97.3 cm³/mol. The zero-order valence-corrected chi connectivity index (χ0v) is 15.5. The molecule has 1 aromatic carbocycles. The second-order valence-electron chi connectivity index (χ2n) is 6.06. The van der Waals surface area contributed by atoms with E-state index in [0.717, 1.165) is 5.56 Å². The summed E-state index contributed by atoms with van der Waals surface area (Å²) in [6.45, 7) is 7.87. The number of benzene rings is 1. The Labute approximate surface area is 149 Å². The van der Waals surface area contributed by atoms with Gasteiger partial charge in [0.15, 0.2) is 0 Å². The normalized spacial score (nSPS) is 11.9. The van der Waals surface area contributed by atoms with Gasteiger partial charge in [-0.2, -0.15) is 0 Å². The molecule has 0 radical (unpaired) electrons. The number of ether oxygens (including phenoxy) is 1. The minimum absolute atomic E-state index is 0. The Bertz CT molecular complexity index is 550. The van der Waals surface area contributed by atoms with Gasteiger partial charge in [0.05, 0.1) is 19.1 Å². The fourth-order valence-corrected chi connectivity index (χ4v) is 2.20. The lowest BCUT2D eigenvalue weighted by atomic mass is 10.00. The molecular formula is C17H28ClN3O3. The lowest BCUT2D eigenvalue weighted by Crippen LogP contribution is -2.49. The first kappa shape index (κ1) is 22.2. The maximum atomic E-state index is 12.3. The predicted octanol–water partition coefficient (Wildman–Crippen LogP) is 1.93. The van der Waals surface area contributed by atoms with Crippen LogP contribution in [0, 0.1) is 0 Å². The Morgan fingerprint density at radius 2 is 1.92 bits per heavy atom. The van der Waals surface area contributed by atoms with Crippen molar-refractivity contribution in [1.29, 1.82) is 0 Å². The number of nitrogens with two attached hydrogens (primary N) is 1. The van der Waals surface area contributed by atoms with Crippen LogP contribution in [0.15, 0.2) is 24.3 Å². The standard InChI is InChI=1S/C17H27N3O3.ClH/c1-5-23-15-9-7-6-8-13(15)14(19-12(2)21)10-16(22)20-17(3,4)11-18;/h6-9,14H,5,10-11,18H2,1-4H3,(H,19,21)(H,20,22);1H. The molecule has 1 atom stereocenters. The molecule has 2 amide bonds. The molecule has 0 fully saturated rings. The summed E-state index contributed by atoms with van der Waals surface area (Å²) in [7, 11) is 0. The molecule has 0 spiro atoms. The molecule has 1 unspecified atom stereocenters. The Balaban J connectivity index is 0.00000529. The molecule has 4 N–H and O–H groups in total. The van der Waals surface area contributed by atoms with E-state index in [0.29, 0.717) is 18.9 Å². The molecule has 24 heavy (non-hydrogen) atoms. The molecule has 1 aromatic rings. The third-order valence-electron chi connectivity index (χ3n) is 3.35. The van der Waals surface area contributed by atoms with Crippen molar-refractivity contribution in [3.05, 3.63) is 29.8 Å². The summed E-state index contributed by atoms with van der Waals surface area (Å²) in [6, 6.07) is 6.94. The van der Waals surface area contributed by atoms with E-state index >= 15 is 0 Å². The summed E-state index contributed by atoms with van der Waals surface area (Å²) in [4.78, 5) is 23.8. The van der Waals surface area contributed by atoms with Crippen molar-refractivity contribution in [3.8, 4) is 5.75 Å². The van der Waals surface area contributed by atoms with Crippen LogP contribution in [-0.2, 0) is 9.59 Å². The second kappa shape index (κ2) is 10.2. The van der Waals surface area contributed by atoms with Crippen molar-refractivity contribution in [2.24, 2.45) is 5.73 Å². The highest BCUT2D eigenvalue weighted by Crippen LogP contribution is 2.27. The summed E-state index contributed by atoms with van der Waals surface area (Å²) in [5, 5.41) is 5.69. The number of amides is 2. The zero-order chi connectivity index (χ0) is 17.5. The molecule has 0 aliphatic rings. The molecule has 0 aromatic heterocycles. The van der Waals surface area contributed by atoms with Gasteiger partial charge in [-0.25, -0.2) is 0 Å². The van der Waals surface area contributed by atoms with Gasteiger partial charge in [-0.05, 0) is 26.8 Å². The van der Waals surface area contributed by atoms with Gasteiger partial charge in [0.1, 0.15) is 5.75 Å². The number of carbonyl (C=O) groups is 2. The second-order valence-corrected chi connectivity index (χ2v) is 6.06. The lowest BCUT2D eigenvalue weighted by molar-refractivity contribution is -0.124. The summed E-state index contributed by atoms with van der Waals surface area (Å²) in [5.41, 5.74) is 5.93. The first-order chi connectivity index (χ1) is 10.8. The summed E-state index contributed by atoms with van der Waals surface area (Å²) in [5.74, 6) is 0.289. The van der Waals surface area contributed by atoms with E-state index in [1.165, 1.54) is 6.92 Å². The van der Waals surface area contributed by atoms with Crippen LogP contribution in [-0.4, -0.2) is 30.5 Å². The van der Waals surface area contributed by atoms with E-state index in [9.17, 15) is 9.59 Å². The molecule has 0 aliphatic carbocycles. The quantitative estimate of drug-likeness (QED) is 0.662. The van der Waals surface area contributed by atoms with Crippen LogP contribution in [0.5, 0.6) is 5.75 Å². The molecule has 1 rings (SSSR count). The fraction of sp³-hybridized carbons (Fsp3) is 0.529.